The Hall–Kier alpha value is -4.51. The Labute approximate surface area is 233 Å². The second kappa shape index (κ2) is 12.6. The van der Waals surface area contributed by atoms with E-state index in [2.05, 4.69) is 35.6 Å². The fourth-order valence-corrected chi connectivity index (χ4v) is 4.65. The zero-order valence-electron chi connectivity index (χ0n) is 23.1. The molecule has 0 amide bonds. The summed E-state index contributed by atoms with van der Waals surface area (Å²) in [6.07, 6.45) is 7.78. The summed E-state index contributed by atoms with van der Waals surface area (Å²) in [6, 6.07) is 11.2. The third-order valence-corrected chi connectivity index (χ3v) is 6.72. The van der Waals surface area contributed by atoms with E-state index in [9.17, 15) is 4.79 Å². The molecule has 11 nitrogen and oxygen atoms in total. The number of methoxy groups -OCH3 is 1. The van der Waals surface area contributed by atoms with Gasteiger partial charge in [0, 0.05) is 32.3 Å². The number of ketones is 1. The van der Waals surface area contributed by atoms with Crippen LogP contribution in [0.3, 0.4) is 0 Å². The smallest absolute Gasteiger partial charge is 0.184 e. The van der Waals surface area contributed by atoms with Crippen LogP contribution in [0.1, 0.15) is 36.5 Å². The predicted octanol–water partition coefficient (Wildman–Crippen LogP) is 4.84. The number of nitrogens with one attached hydrogen (secondary N) is 2. The largest absolute Gasteiger partial charge is 0.494 e. The molecule has 0 unspecified atom stereocenters. The van der Waals surface area contributed by atoms with E-state index in [1.165, 1.54) is 12.8 Å². The molecular weight excluding hydrogens is 508 g/mol. The monoisotopic (exact) mass is 542 g/mol. The average Bonchev–Trinajstić information content (AvgIpc) is 3.65. The third kappa shape index (κ3) is 6.37. The van der Waals surface area contributed by atoms with E-state index in [-0.39, 0.29) is 5.78 Å². The highest BCUT2D eigenvalue weighted by molar-refractivity contribution is 6.02. The Balaban J connectivity index is 1.34. The summed E-state index contributed by atoms with van der Waals surface area (Å²) in [5.41, 5.74) is 2.47. The summed E-state index contributed by atoms with van der Waals surface area (Å²) in [7, 11) is 3.40. The van der Waals surface area contributed by atoms with Gasteiger partial charge in [-0.05, 0) is 50.2 Å². The van der Waals surface area contributed by atoms with Crippen LogP contribution < -0.4 is 20.1 Å². The van der Waals surface area contributed by atoms with Crippen LogP contribution in [0.25, 0.3) is 11.4 Å². The minimum Gasteiger partial charge on any atom is -0.494 e. The molecule has 5 rings (SSSR count). The number of para-hydroxylation sites is 1. The molecule has 4 heterocycles. The minimum absolute atomic E-state index is 0.0309. The Kier molecular flexibility index (Phi) is 8.50. The number of Topliss-reactive ketones (excluding diaryl/α,β-unsaturated/α-hetero) is 1. The molecule has 1 fully saturated rings. The van der Waals surface area contributed by atoms with Gasteiger partial charge >= 0.3 is 0 Å². The zero-order chi connectivity index (χ0) is 27.9. The average molecular weight is 543 g/mol. The fraction of sp³-hybridized carbons (Fsp3) is 0.345. The molecule has 3 aromatic heterocycles. The van der Waals surface area contributed by atoms with Gasteiger partial charge in [0.2, 0.25) is 0 Å². The Morgan fingerprint density at radius 3 is 2.52 bits per heavy atom. The summed E-state index contributed by atoms with van der Waals surface area (Å²) in [6.45, 7) is 5.69. The molecule has 1 aromatic carbocycles. The van der Waals surface area contributed by atoms with Gasteiger partial charge in [-0.1, -0.05) is 13.0 Å². The molecule has 40 heavy (non-hydrogen) atoms. The molecule has 2 N–H and O–H groups in total. The van der Waals surface area contributed by atoms with Gasteiger partial charge in [0.25, 0.3) is 0 Å². The van der Waals surface area contributed by atoms with Crippen molar-refractivity contribution in [3.05, 3.63) is 60.7 Å². The van der Waals surface area contributed by atoms with E-state index in [0.29, 0.717) is 53.2 Å². The van der Waals surface area contributed by atoms with Crippen molar-refractivity contribution in [3.63, 3.8) is 0 Å². The molecule has 0 saturated carbocycles. The fourth-order valence-electron chi connectivity index (χ4n) is 4.65. The number of nitrogens with zero attached hydrogens (tertiary/aromatic N) is 6. The number of likely N-dealkylation sites (tertiary alicyclic amines) is 1. The minimum atomic E-state index is -0.0309. The molecule has 0 radical (unpaired) electrons. The number of carbonyl (C=O) groups is 1. The van der Waals surface area contributed by atoms with Crippen LogP contribution in [-0.4, -0.2) is 68.8 Å². The first-order chi connectivity index (χ1) is 19.5. The number of rotatable bonds is 12. The summed E-state index contributed by atoms with van der Waals surface area (Å²) in [4.78, 5) is 28.5. The summed E-state index contributed by atoms with van der Waals surface area (Å²) in [5.74, 6) is 2.94. The van der Waals surface area contributed by atoms with Gasteiger partial charge in [0.15, 0.2) is 17.4 Å². The number of aryl methyl sites for hydroxylation is 1. The number of carbonyl (C=O) groups excluding carboxylic acids is 1. The Bertz CT molecular complexity index is 1450. The molecule has 1 aliphatic rings. The summed E-state index contributed by atoms with van der Waals surface area (Å²) >= 11 is 0. The van der Waals surface area contributed by atoms with E-state index in [1.807, 2.05) is 44.3 Å². The topological polar surface area (TPSA) is 119 Å². The SMILES string of the molecule is CCC(=O)c1cnc(Nc2ccc(OCCN3CCCC3)cn2)cc1Nc1cccc(-c2ncn(C)n2)c1OC. The van der Waals surface area contributed by atoms with E-state index >= 15 is 0 Å². The molecule has 0 bridgehead atoms. The van der Waals surface area contributed by atoms with Crippen molar-refractivity contribution in [2.45, 2.75) is 26.2 Å². The number of pyridine rings is 2. The maximum atomic E-state index is 12.8. The quantitative estimate of drug-likeness (QED) is 0.241. The van der Waals surface area contributed by atoms with Crippen LogP contribution in [0.2, 0.25) is 0 Å². The number of anilines is 4. The number of hydrogen-bond acceptors (Lipinski definition) is 10. The van der Waals surface area contributed by atoms with Crippen LogP contribution >= 0.6 is 0 Å². The first-order valence-electron chi connectivity index (χ1n) is 13.5. The van der Waals surface area contributed by atoms with Crippen LogP contribution in [0, 0.1) is 0 Å². The molecule has 208 valence electrons. The lowest BCUT2D eigenvalue weighted by Gasteiger charge is -2.17. The van der Waals surface area contributed by atoms with Gasteiger partial charge < -0.3 is 20.1 Å². The molecule has 1 saturated heterocycles. The normalized spacial score (nSPS) is 13.3. The molecule has 0 atom stereocenters. The van der Waals surface area contributed by atoms with Crippen molar-refractivity contribution < 1.29 is 14.3 Å². The Morgan fingerprint density at radius 1 is 1.00 bits per heavy atom. The predicted molar refractivity (Wildman–Crippen MR) is 154 cm³/mol. The van der Waals surface area contributed by atoms with Crippen LogP contribution in [0.5, 0.6) is 11.5 Å². The summed E-state index contributed by atoms with van der Waals surface area (Å²) < 4.78 is 13.2. The van der Waals surface area contributed by atoms with Gasteiger partial charge in [-0.2, -0.15) is 5.10 Å². The highest BCUT2D eigenvalue weighted by Gasteiger charge is 2.18. The van der Waals surface area contributed by atoms with Crippen molar-refractivity contribution in [3.8, 4) is 22.9 Å². The molecule has 11 heteroatoms. The number of hydrogen-bond donors (Lipinski definition) is 2. The number of benzene rings is 1. The molecular formula is C29H34N8O3. The lowest BCUT2D eigenvalue weighted by atomic mass is 10.1. The highest BCUT2D eigenvalue weighted by Crippen LogP contribution is 2.37. The van der Waals surface area contributed by atoms with Gasteiger partial charge in [0.1, 0.15) is 30.3 Å². The molecule has 0 spiro atoms. The highest BCUT2D eigenvalue weighted by atomic mass is 16.5. The molecule has 4 aromatic rings. The first-order valence-corrected chi connectivity index (χ1v) is 13.5. The number of aromatic nitrogens is 5. The van der Waals surface area contributed by atoms with E-state index < -0.39 is 0 Å². The lowest BCUT2D eigenvalue weighted by molar-refractivity contribution is 0.0988. The molecule has 1 aliphatic heterocycles. The molecule has 0 aliphatic carbocycles. The lowest BCUT2D eigenvalue weighted by Crippen LogP contribution is -2.25. The van der Waals surface area contributed by atoms with Crippen LogP contribution in [0.4, 0.5) is 23.0 Å². The maximum Gasteiger partial charge on any atom is 0.184 e. The van der Waals surface area contributed by atoms with Crippen molar-refractivity contribution in [2.75, 3.05) is 44.0 Å². The summed E-state index contributed by atoms with van der Waals surface area (Å²) in [5, 5.41) is 11.0. The zero-order valence-corrected chi connectivity index (χ0v) is 23.1. The van der Waals surface area contributed by atoms with Crippen molar-refractivity contribution in [2.24, 2.45) is 7.05 Å². The van der Waals surface area contributed by atoms with Crippen LogP contribution in [0.15, 0.2) is 55.1 Å². The van der Waals surface area contributed by atoms with E-state index in [0.717, 1.165) is 30.9 Å². The standard InChI is InChI=1S/C29H34N8O3/c1-4-25(38)22-18-31-27(34-26-11-10-20(17-30-26)40-15-14-37-12-5-6-13-37)16-24(22)33-23-9-7-8-21(28(23)39-3)29-32-19-36(2)35-29/h7-11,16-19H,4-6,12-15H2,1-3H3,(H2,30,31,33,34). The second-order valence-electron chi connectivity index (χ2n) is 9.55. The Morgan fingerprint density at radius 2 is 1.82 bits per heavy atom. The maximum absolute atomic E-state index is 12.8. The van der Waals surface area contributed by atoms with E-state index in [1.54, 1.807) is 36.6 Å². The van der Waals surface area contributed by atoms with E-state index in [4.69, 9.17) is 9.47 Å². The van der Waals surface area contributed by atoms with Gasteiger partial charge in [-0.25, -0.2) is 15.0 Å². The van der Waals surface area contributed by atoms with Gasteiger partial charge in [-0.3, -0.25) is 14.4 Å². The van der Waals surface area contributed by atoms with Crippen molar-refractivity contribution in [1.82, 2.24) is 29.6 Å². The van der Waals surface area contributed by atoms with Crippen LogP contribution in [-0.2, 0) is 7.05 Å². The number of ether oxygens (including phenoxy) is 2. The second-order valence-corrected chi connectivity index (χ2v) is 9.55. The van der Waals surface area contributed by atoms with Crippen molar-refractivity contribution >= 4 is 28.8 Å². The van der Waals surface area contributed by atoms with Crippen molar-refractivity contribution in [1.29, 1.82) is 0 Å². The third-order valence-electron chi connectivity index (χ3n) is 6.72. The van der Waals surface area contributed by atoms with Gasteiger partial charge in [-0.15, -0.1) is 0 Å². The first kappa shape index (κ1) is 27.1. The van der Waals surface area contributed by atoms with Gasteiger partial charge in [0.05, 0.1) is 35.8 Å².